The van der Waals surface area contributed by atoms with Gasteiger partial charge < -0.3 is 9.80 Å². The van der Waals surface area contributed by atoms with Crippen LogP contribution in [0, 0.1) is 13.8 Å². The van der Waals surface area contributed by atoms with Crippen LogP contribution in [0.4, 0.5) is 0 Å². The monoisotopic (exact) mass is 334 g/mol. The topological polar surface area (TPSA) is 23.6 Å². The summed E-state index contributed by atoms with van der Waals surface area (Å²) in [4.78, 5) is 16.9. The fourth-order valence-corrected chi connectivity index (χ4v) is 4.13. The number of likely N-dealkylation sites (N-methyl/N-ethyl adjacent to an activating group) is 1. The summed E-state index contributed by atoms with van der Waals surface area (Å²) in [6.45, 7) is 6.07. The van der Waals surface area contributed by atoms with Crippen molar-refractivity contribution in [2.45, 2.75) is 44.9 Å². The summed E-state index contributed by atoms with van der Waals surface area (Å²) in [5, 5.41) is 0. The number of nitrogens with zero attached hydrogens (tertiary/aromatic N) is 2. The minimum Gasteiger partial charge on any atom is -0.340 e. The molecule has 1 fully saturated rings. The molecule has 0 spiro atoms. The molecule has 1 aliphatic rings. The highest BCUT2D eigenvalue weighted by atomic mass is 32.2. The maximum Gasteiger partial charge on any atom is 0.232 e. The number of benzene rings is 1. The normalized spacial score (nSPS) is 19.0. The zero-order chi connectivity index (χ0) is 16.8. The molecule has 0 saturated carbocycles. The molecule has 1 atom stereocenters. The van der Waals surface area contributed by atoms with Gasteiger partial charge in [-0.05, 0) is 46.3 Å². The van der Waals surface area contributed by atoms with Crippen molar-refractivity contribution in [1.29, 1.82) is 0 Å². The van der Waals surface area contributed by atoms with Gasteiger partial charge in [-0.2, -0.15) is 0 Å². The maximum atomic E-state index is 12.5. The lowest BCUT2D eigenvalue weighted by atomic mass is 10.1. The van der Waals surface area contributed by atoms with Gasteiger partial charge in [0.2, 0.25) is 5.91 Å². The fourth-order valence-electron chi connectivity index (χ4n) is 3.27. The Labute approximate surface area is 145 Å². The summed E-state index contributed by atoms with van der Waals surface area (Å²) < 4.78 is 0. The number of hydrogen-bond donors (Lipinski definition) is 0. The highest BCUT2D eigenvalue weighted by Gasteiger charge is 2.22. The average Bonchev–Trinajstić information content (AvgIpc) is 2.72. The van der Waals surface area contributed by atoms with Crippen LogP contribution in [0.3, 0.4) is 0 Å². The lowest BCUT2D eigenvalue weighted by molar-refractivity contribution is -0.128. The van der Waals surface area contributed by atoms with E-state index in [1.54, 1.807) is 11.8 Å². The zero-order valence-corrected chi connectivity index (χ0v) is 15.8. The fraction of sp³-hybridized carbons (Fsp3) is 0.632. The summed E-state index contributed by atoms with van der Waals surface area (Å²) in [6.07, 6.45) is 3.56. The van der Waals surface area contributed by atoms with Gasteiger partial charge in [-0.25, -0.2) is 0 Å². The van der Waals surface area contributed by atoms with E-state index in [-0.39, 0.29) is 0 Å². The van der Waals surface area contributed by atoms with Crippen LogP contribution >= 0.6 is 11.8 Å². The predicted molar refractivity (Wildman–Crippen MR) is 100.0 cm³/mol. The van der Waals surface area contributed by atoms with Gasteiger partial charge in [-0.3, -0.25) is 4.79 Å². The van der Waals surface area contributed by atoms with Crippen molar-refractivity contribution >= 4 is 17.7 Å². The first kappa shape index (κ1) is 18.3. The van der Waals surface area contributed by atoms with Crippen molar-refractivity contribution in [3.05, 3.63) is 34.9 Å². The van der Waals surface area contributed by atoms with Crippen LogP contribution in [0.1, 0.15) is 36.0 Å². The van der Waals surface area contributed by atoms with E-state index in [9.17, 15) is 4.79 Å². The summed E-state index contributed by atoms with van der Waals surface area (Å²) in [7, 11) is 4.24. The molecule has 0 radical (unpaired) electrons. The van der Waals surface area contributed by atoms with Crippen molar-refractivity contribution in [1.82, 2.24) is 9.80 Å². The SMILES string of the molecule is Cc1cc(C)cc(CSCC(=O)N2CCCCC(N(C)C)C2)c1. The number of thioether (sulfide) groups is 1. The molecule has 3 nitrogen and oxygen atoms in total. The first-order valence-electron chi connectivity index (χ1n) is 8.55. The molecule has 0 aromatic heterocycles. The van der Waals surface area contributed by atoms with E-state index in [1.165, 1.54) is 29.5 Å². The van der Waals surface area contributed by atoms with Crippen LogP contribution in [-0.2, 0) is 10.5 Å². The Bertz CT molecular complexity index is 510. The van der Waals surface area contributed by atoms with Crippen LogP contribution in [0.5, 0.6) is 0 Å². The molecular weight excluding hydrogens is 304 g/mol. The van der Waals surface area contributed by atoms with E-state index in [0.717, 1.165) is 25.3 Å². The second-order valence-corrected chi connectivity index (χ2v) is 7.93. The predicted octanol–water partition coefficient (Wildman–Crippen LogP) is 3.48. The van der Waals surface area contributed by atoms with E-state index >= 15 is 0 Å². The molecule has 0 bridgehead atoms. The molecular formula is C19H30N2OS. The van der Waals surface area contributed by atoms with E-state index in [4.69, 9.17) is 0 Å². The molecule has 0 N–H and O–H groups in total. The molecule has 1 amide bonds. The number of likely N-dealkylation sites (tertiary alicyclic amines) is 1. The number of amides is 1. The van der Waals surface area contributed by atoms with Crippen molar-refractivity contribution in [2.24, 2.45) is 0 Å². The Morgan fingerprint density at radius 1 is 1.22 bits per heavy atom. The Balaban J connectivity index is 1.83. The van der Waals surface area contributed by atoms with Gasteiger partial charge >= 0.3 is 0 Å². The van der Waals surface area contributed by atoms with Gasteiger partial charge in [0.1, 0.15) is 0 Å². The molecule has 1 saturated heterocycles. The van der Waals surface area contributed by atoms with Gasteiger partial charge in [0.25, 0.3) is 0 Å². The molecule has 1 aromatic rings. The molecule has 1 aromatic carbocycles. The third-order valence-electron chi connectivity index (χ3n) is 4.51. The van der Waals surface area contributed by atoms with Crippen molar-refractivity contribution in [3.63, 3.8) is 0 Å². The van der Waals surface area contributed by atoms with Crippen LogP contribution in [-0.4, -0.2) is 54.7 Å². The Morgan fingerprint density at radius 3 is 2.57 bits per heavy atom. The smallest absolute Gasteiger partial charge is 0.232 e. The lowest BCUT2D eigenvalue weighted by Gasteiger charge is -2.28. The number of rotatable bonds is 5. The van der Waals surface area contributed by atoms with Crippen molar-refractivity contribution in [3.8, 4) is 0 Å². The first-order chi connectivity index (χ1) is 11.0. The van der Waals surface area contributed by atoms with E-state index in [0.29, 0.717) is 17.7 Å². The standard InChI is InChI=1S/C19H30N2OS/c1-15-9-16(2)11-17(10-15)13-23-14-19(22)21-8-6-5-7-18(12-21)20(3)4/h9-11,18H,5-8,12-14H2,1-4H3. The number of hydrogen-bond acceptors (Lipinski definition) is 3. The van der Waals surface area contributed by atoms with Crippen LogP contribution in [0.15, 0.2) is 18.2 Å². The Kier molecular flexibility index (Phi) is 6.97. The lowest BCUT2D eigenvalue weighted by Crippen LogP contribution is -2.42. The summed E-state index contributed by atoms with van der Waals surface area (Å²) >= 11 is 1.74. The van der Waals surface area contributed by atoms with Crippen molar-refractivity contribution < 1.29 is 4.79 Å². The zero-order valence-electron chi connectivity index (χ0n) is 15.0. The summed E-state index contributed by atoms with van der Waals surface area (Å²) in [6, 6.07) is 7.14. The minimum atomic E-state index is 0.299. The van der Waals surface area contributed by atoms with Crippen LogP contribution < -0.4 is 0 Å². The third kappa shape index (κ3) is 5.85. The molecule has 1 aliphatic heterocycles. The molecule has 0 aliphatic carbocycles. The second-order valence-electron chi connectivity index (χ2n) is 6.94. The van der Waals surface area contributed by atoms with Crippen molar-refractivity contribution in [2.75, 3.05) is 32.9 Å². The van der Waals surface area contributed by atoms with E-state index < -0.39 is 0 Å². The Hall–Kier alpha value is -1.00. The summed E-state index contributed by atoms with van der Waals surface area (Å²) in [5.74, 6) is 1.81. The largest absolute Gasteiger partial charge is 0.340 e. The molecule has 128 valence electrons. The maximum absolute atomic E-state index is 12.5. The summed E-state index contributed by atoms with van der Waals surface area (Å²) in [5.41, 5.74) is 3.92. The van der Waals surface area contributed by atoms with Crippen LogP contribution in [0.25, 0.3) is 0 Å². The molecule has 1 heterocycles. The molecule has 1 unspecified atom stereocenters. The third-order valence-corrected chi connectivity index (χ3v) is 5.49. The number of carbonyl (C=O) groups is 1. The molecule has 2 rings (SSSR count). The van der Waals surface area contributed by atoms with E-state index in [1.807, 2.05) is 0 Å². The quantitative estimate of drug-likeness (QED) is 0.824. The second kappa shape index (κ2) is 8.74. The van der Waals surface area contributed by atoms with Gasteiger partial charge in [-0.1, -0.05) is 35.7 Å². The Morgan fingerprint density at radius 2 is 1.91 bits per heavy atom. The van der Waals surface area contributed by atoms with Gasteiger partial charge in [0.15, 0.2) is 0 Å². The highest BCUT2D eigenvalue weighted by Crippen LogP contribution is 2.18. The van der Waals surface area contributed by atoms with Crippen LogP contribution in [0.2, 0.25) is 0 Å². The van der Waals surface area contributed by atoms with Gasteiger partial charge in [0.05, 0.1) is 5.75 Å². The molecule has 23 heavy (non-hydrogen) atoms. The highest BCUT2D eigenvalue weighted by molar-refractivity contribution is 7.99. The van der Waals surface area contributed by atoms with Gasteiger partial charge in [0, 0.05) is 24.9 Å². The average molecular weight is 335 g/mol. The first-order valence-corrected chi connectivity index (χ1v) is 9.70. The van der Waals surface area contributed by atoms with E-state index in [2.05, 4.69) is 55.9 Å². The number of carbonyl (C=O) groups excluding carboxylic acids is 1. The number of aryl methyl sites for hydroxylation is 2. The molecule has 4 heteroatoms. The van der Waals surface area contributed by atoms with Gasteiger partial charge in [-0.15, -0.1) is 11.8 Å². The minimum absolute atomic E-state index is 0.299.